The van der Waals surface area contributed by atoms with Crippen molar-refractivity contribution in [3.05, 3.63) is 69.7 Å². The SMILES string of the molecule is COc1ccc(-c2nc(C(=O)Nc3cccc([N+](=O)[O-])c3)cs2)cc1. The number of benzene rings is 2. The summed E-state index contributed by atoms with van der Waals surface area (Å²) < 4.78 is 5.11. The Morgan fingerprint density at radius 1 is 1.24 bits per heavy atom. The summed E-state index contributed by atoms with van der Waals surface area (Å²) in [5, 5.41) is 15.8. The molecule has 0 atom stereocenters. The van der Waals surface area contributed by atoms with Crippen LogP contribution in [0.1, 0.15) is 10.5 Å². The third-order valence-corrected chi connectivity index (χ3v) is 4.28. The van der Waals surface area contributed by atoms with E-state index in [0.717, 1.165) is 11.3 Å². The summed E-state index contributed by atoms with van der Waals surface area (Å²) in [6.07, 6.45) is 0. The molecule has 0 radical (unpaired) electrons. The van der Waals surface area contributed by atoms with Crippen molar-refractivity contribution < 1.29 is 14.5 Å². The van der Waals surface area contributed by atoms with Gasteiger partial charge in [0.2, 0.25) is 0 Å². The highest BCUT2D eigenvalue weighted by atomic mass is 32.1. The Morgan fingerprint density at radius 3 is 2.68 bits per heavy atom. The van der Waals surface area contributed by atoms with Crippen LogP contribution in [0.15, 0.2) is 53.9 Å². The van der Waals surface area contributed by atoms with Gasteiger partial charge in [-0.1, -0.05) is 6.07 Å². The first kappa shape index (κ1) is 16.6. The van der Waals surface area contributed by atoms with Gasteiger partial charge in [0.1, 0.15) is 16.5 Å². The van der Waals surface area contributed by atoms with Gasteiger partial charge in [0.15, 0.2) is 0 Å². The molecule has 0 unspecified atom stereocenters. The highest BCUT2D eigenvalue weighted by molar-refractivity contribution is 7.13. The van der Waals surface area contributed by atoms with E-state index in [1.165, 1.54) is 29.5 Å². The summed E-state index contributed by atoms with van der Waals surface area (Å²) in [7, 11) is 1.59. The fraction of sp³-hybridized carbons (Fsp3) is 0.0588. The third-order valence-electron chi connectivity index (χ3n) is 3.39. The van der Waals surface area contributed by atoms with E-state index in [0.29, 0.717) is 10.7 Å². The zero-order valence-corrected chi connectivity index (χ0v) is 13.9. The van der Waals surface area contributed by atoms with Gasteiger partial charge < -0.3 is 10.1 Å². The molecular formula is C17H13N3O4S. The molecule has 25 heavy (non-hydrogen) atoms. The van der Waals surface area contributed by atoms with Gasteiger partial charge in [-0.05, 0) is 30.3 Å². The first-order valence-electron chi connectivity index (χ1n) is 7.22. The van der Waals surface area contributed by atoms with Crippen molar-refractivity contribution in [2.45, 2.75) is 0 Å². The number of nitrogens with zero attached hydrogens (tertiary/aromatic N) is 2. The number of carbonyl (C=O) groups excluding carboxylic acids is 1. The number of methoxy groups -OCH3 is 1. The van der Waals surface area contributed by atoms with E-state index in [9.17, 15) is 14.9 Å². The molecule has 126 valence electrons. The first-order chi connectivity index (χ1) is 12.1. The molecule has 1 heterocycles. The second kappa shape index (κ2) is 7.10. The van der Waals surface area contributed by atoms with Crippen LogP contribution in [0, 0.1) is 10.1 Å². The predicted octanol–water partition coefficient (Wildman–Crippen LogP) is 3.98. The maximum atomic E-state index is 12.3. The van der Waals surface area contributed by atoms with Gasteiger partial charge in [0, 0.05) is 28.8 Å². The predicted molar refractivity (Wildman–Crippen MR) is 95.2 cm³/mol. The summed E-state index contributed by atoms with van der Waals surface area (Å²) in [5.74, 6) is 0.320. The molecule has 0 saturated carbocycles. The number of nitro benzene ring substituents is 1. The molecule has 2 aromatic carbocycles. The highest BCUT2D eigenvalue weighted by Crippen LogP contribution is 2.26. The average molecular weight is 355 g/mol. The molecule has 3 rings (SSSR count). The molecule has 1 N–H and O–H groups in total. The lowest BCUT2D eigenvalue weighted by Gasteiger charge is -2.03. The summed E-state index contributed by atoms with van der Waals surface area (Å²) in [6.45, 7) is 0. The summed E-state index contributed by atoms with van der Waals surface area (Å²) in [4.78, 5) is 26.9. The Bertz CT molecular complexity index is 922. The standard InChI is InChI=1S/C17H13N3O4S/c1-24-14-7-5-11(6-8-14)17-19-15(10-25-17)16(21)18-12-3-2-4-13(9-12)20(22)23/h2-10H,1H3,(H,18,21). The molecular weight excluding hydrogens is 342 g/mol. The lowest BCUT2D eigenvalue weighted by atomic mass is 10.2. The number of rotatable bonds is 5. The van der Waals surface area contributed by atoms with Crippen LogP contribution in [0.25, 0.3) is 10.6 Å². The van der Waals surface area contributed by atoms with E-state index < -0.39 is 10.8 Å². The van der Waals surface area contributed by atoms with Crippen molar-refractivity contribution in [2.24, 2.45) is 0 Å². The van der Waals surface area contributed by atoms with Gasteiger partial charge in [0.05, 0.1) is 12.0 Å². The van der Waals surface area contributed by atoms with Crippen LogP contribution in [0.4, 0.5) is 11.4 Å². The smallest absolute Gasteiger partial charge is 0.275 e. The fourth-order valence-electron chi connectivity index (χ4n) is 2.14. The molecule has 8 heteroatoms. The molecule has 0 spiro atoms. The van der Waals surface area contributed by atoms with Gasteiger partial charge in [-0.15, -0.1) is 11.3 Å². The zero-order valence-electron chi connectivity index (χ0n) is 13.1. The number of non-ortho nitro benzene ring substituents is 1. The molecule has 0 bridgehead atoms. The molecule has 0 aliphatic heterocycles. The van der Waals surface area contributed by atoms with Crippen molar-refractivity contribution in [1.29, 1.82) is 0 Å². The minimum atomic E-state index is -0.514. The van der Waals surface area contributed by atoms with E-state index in [1.807, 2.05) is 24.3 Å². The number of nitro groups is 1. The number of hydrogen-bond donors (Lipinski definition) is 1. The molecule has 3 aromatic rings. The maximum Gasteiger partial charge on any atom is 0.275 e. The van der Waals surface area contributed by atoms with Crippen molar-refractivity contribution in [1.82, 2.24) is 4.98 Å². The van der Waals surface area contributed by atoms with E-state index in [1.54, 1.807) is 18.6 Å². The monoisotopic (exact) mass is 355 g/mol. The highest BCUT2D eigenvalue weighted by Gasteiger charge is 2.14. The van der Waals surface area contributed by atoms with Crippen molar-refractivity contribution in [2.75, 3.05) is 12.4 Å². The van der Waals surface area contributed by atoms with E-state index in [2.05, 4.69) is 10.3 Å². The van der Waals surface area contributed by atoms with Crippen molar-refractivity contribution in [3.8, 4) is 16.3 Å². The summed E-state index contributed by atoms with van der Waals surface area (Å²) >= 11 is 1.34. The van der Waals surface area contributed by atoms with Crippen LogP contribution >= 0.6 is 11.3 Å². The number of thiazole rings is 1. The average Bonchev–Trinajstić information content (AvgIpc) is 3.12. The van der Waals surface area contributed by atoms with E-state index in [-0.39, 0.29) is 11.4 Å². The van der Waals surface area contributed by atoms with Crippen LogP contribution in [0.5, 0.6) is 5.75 Å². The zero-order chi connectivity index (χ0) is 17.8. The lowest BCUT2D eigenvalue weighted by Crippen LogP contribution is -2.12. The first-order valence-corrected chi connectivity index (χ1v) is 8.10. The number of nitrogens with one attached hydrogen (secondary N) is 1. The Kier molecular flexibility index (Phi) is 4.71. The lowest BCUT2D eigenvalue weighted by molar-refractivity contribution is -0.384. The van der Waals surface area contributed by atoms with Crippen LogP contribution in [0.3, 0.4) is 0 Å². The normalized spacial score (nSPS) is 10.3. The molecule has 0 fully saturated rings. The maximum absolute atomic E-state index is 12.3. The number of ether oxygens (including phenoxy) is 1. The Hall–Kier alpha value is -3.26. The molecule has 0 aliphatic rings. The van der Waals surface area contributed by atoms with E-state index in [4.69, 9.17) is 4.74 Å². The summed E-state index contributed by atoms with van der Waals surface area (Å²) in [6, 6.07) is 13.1. The van der Waals surface area contributed by atoms with Crippen molar-refractivity contribution in [3.63, 3.8) is 0 Å². The third kappa shape index (κ3) is 3.81. The molecule has 1 amide bonds. The number of carbonyl (C=O) groups is 1. The van der Waals surface area contributed by atoms with Crippen LogP contribution in [-0.4, -0.2) is 22.9 Å². The molecule has 7 nitrogen and oxygen atoms in total. The van der Waals surface area contributed by atoms with Crippen LogP contribution in [0.2, 0.25) is 0 Å². The van der Waals surface area contributed by atoms with Gasteiger partial charge >= 0.3 is 0 Å². The van der Waals surface area contributed by atoms with Gasteiger partial charge in [-0.2, -0.15) is 0 Å². The number of hydrogen-bond acceptors (Lipinski definition) is 6. The molecule has 0 aliphatic carbocycles. The number of anilines is 1. The Balaban J connectivity index is 1.76. The second-order valence-corrected chi connectivity index (χ2v) is 5.89. The van der Waals surface area contributed by atoms with Crippen LogP contribution < -0.4 is 10.1 Å². The van der Waals surface area contributed by atoms with Crippen molar-refractivity contribution >= 4 is 28.6 Å². The number of aromatic nitrogens is 1. The van der Waals surface area contributed by atoms with Gasteiger partial charge in [-0.25, -0.2) is 4.98 Å². The Morgan fingerprint density at radius 2 is 2.00 bits per heavy atom. The summed E-state index contributed by atoms with van der Waals surface area (Å²) in [5.41, 5.74) is 1.38. The molecule has 1 aromatic heterocycles. The minimum Gasteiger partial charge on any atom is -0.497 e. The quantitative estimate of drug-likeness (QED) is 0.552. The van der Waals surface area contributed by atoms with Gasteiger partial charge in [0.25, 0.3) is 11.6 Å². The number of amides is 1. The van der Waals surface area contributed by atoms with Crippen LogP contribution in [-0.2, 0) is 0 Å². The topological polar surface area (TPSA) is 94.4 Å². The molecule has 0 saturated heterocycles. The fourth-order valence-corrected chi connectivity index (χ4v) is 2.94. The largest absolute Gasteiger partial charge is 0.497 e. The van der Waals surface area contributed by atoms with Gasteiger partial charge in [-0.3, -0.25) is 14.9 Å². The second-order valence-electron chi connectivity index (χ2n) is 5.03. The Labute approximate surface area is 147 Å². The van der Waals surface area contributed by atoms with E-state index >= 15 is 0 Å². The minimum absolute atomic E-state index is 0.0880.